The fourth-order valence-electron chi connectivity index (χ4n) is 1.17. The first-order chi connectivity index (χ1) is 7.49. The summed E-state index contributed by atoms with van der Waals surface area (Å²) in [7, 11) is 1.27. The summed E-state index contributed by atoms with van der Waals surface area (Å²) in [6.07, 6.45) is -1.30. The normalized spacial score (nSPS) is 11.8. The van der Waals surface area contributed by atoms with Gasteiger partial charge < -0.3 is 4.74 Å². The van der Waals surface area contributed by atoms with E-state index in [4.69, 9.17) is 4.74 Å². The van der Waals surface area contributed by atoms with Gasteiger partial charge in [0.2, 0.25) is 0 Å². The molecule has 0 radical (unpaired) electrons. The van der Waals surface area contributed by atoms with E-state index in [1.807, 2.05) is 0 Å². The molecule has 1 aromatic rings. The summed E-state index contributed by atoms with van der Waals surface area (Å²) >= 11 is 0. The van der Waals surface area contributed by atoms with Crippen molar-refractivity contribution >= 4 is 12.4 Å². The van der Waals surface area contributed by atoms with Crippen LogP contribution < -0.4 is 4.74 Å². The van der Waals surface area contributed by atoms with Crippen LogP contribution >= 0.6 is 0 Å². The van der Waals surface area contributed by atoms with Crippen molar-refractivity contribution in [1.29, 1.82) is 0 Å². The number of methoxy groups -OCH3 is 1. The van der Waals surface area contributed by atoms with E-state index in [0.717, 1.165) is 12.1 Å². The smallest absolute Gasteiger partial charge is 0.416 e. The fraction of sp³-hybridized carbons (Fsp3) is 0.182. The third-order valence-electron chi connectivity index (χ3n) is 1.92. The Bertz CT molecular complexity index is 408. The summed E-state index contributed by atoms with van der Waals surface area (Å²) in [4.78, 5) is 10.1. The number of benzene rings is 1. The summed E-state index contributed by atoms with van der Waals surface area (Å²) in [6.45, 7) is 0. The molecule has 86 valence electrons. The predicted molar refractivity (Wildman–Crippen MR) is 53.1 cm³/mol. The molecule has 0 heterocycles. The zero-order chi connectivity index (χ0) is 12.2. The number of hydrogen-bond donors (Lipinski definition) is 0. The van der Waals surface area contributed by atoms with Crippen molar-refractivity contribution in [1.82, 2.24) is 0 Å². The first-order valence-corrected chi connectivity index (χ1v) is 4.36. The Balaban J connectivity index is 3.16. The van der Waals surface area contributed by atoms with Crippen LogP contribution in [0.1, 0.15) is 11.1 Å². The second-order valence-corrected chi connectivity index (χ2v) is 2.95. The molecule has 0 amide bonds. The van der Waals surface area contributed by atoms with Crippen LogP contribution in [0.15, 0.2) is 24.3 Å². The van der Waals surface area contributed by atoms with E-state index >= 15 is 0 Å². The van der Waals surface area contributed by atoms with Crippen molar-refractivity contribution in [2.45, 2.75) is 6.18 Å². The number of allylic oxidation sites excluding steroid dienone is 1. The van der Waals surface area contributed by atoms with E-state index in [1.54, 1.807) is 0 Å². The van der Waals surface area contributed by atoms with Crippen LogP contribution in [0.25, 0.3) is 6.08 Å². The van der Waals surface area contributed by atoms with Crippen LogP contribution in [0.4, 0.5) is 13.2 Å². The minimum Gasteiger partial charge on any atom is -0.496 e. The lowest BCUT2D eigenvalue weighted by Crippen LogP contribution is -2.05. The molecule has 0 saturated carbocycles. The van der Waals surface area contributed by atoms with Crippen molar-refractivity contribution in [3.8, 4) is 5.75 Å². The van der Waals surface area contributed by atoms with Crippen LogP contribution in [0.5, 0.6) is 5.75 Å². The van der Waals surface area contributed by atoms with E-state index in [0.29, 0.717) is 11.8 Å². The van der Waals surface area contributed by atoms with E-state index in [1.165, 1.54) is 25.3 Å². The zero-order valence-electron chi connectivity index (χ0n) is 8.41. The van der Waals surface area contributed by atoms with Gasteiger partial charge in [-0.1, -0.05) is 6.07 Å². The van der Waals surface area contributed by atoms with Crippen molar-refractivity contribution in [2.24, 2.45) is 0 Å². The van der Waals surface area contributed by atoms with Gasteiger partial charge in [-0.3, -0.25) is 4.79 Å². The minimum absolute atomic E-state index is 0.0768. The number of alkyl halides is 3. The molecular formula is C11H9F3O2. The Kier molecular flexibility index (Phi) is 3.71. The molecule has 0 aromatic heterocycles. The quantitative estimate of drug-likeness (QED) is 0.589. The number of carbonyl (C=O) groups excluding carboxylic acids is 1. The highest BCUT2D eigenvalue weighted by atomic mass is 19.4. The molecule has 0 fully saturated rings. The third-order valence-corrected chi connectivity index (χ3v) is 1.92. The van der Waals surface area contributed by atoms with Gasteiger partial charge in [-0.15, -0.1) is 0 Å². The molecule has 1 rings (SSSR count). The summed E-state index contributed by atoms with van der Waals surface area (Å²) in [5, 5.41) is 0. The van der Waals surface area contributed by atoms with Gasteiger partial charge >= 0.3 is 6.18 Å². The largest absolute Gasteiger partial charge is 0.496 e. The number of rotatable bonds is 3. The van der Waals surface area contributed by atoms with Crippen LogP contribution in [0.2, 0.25) is 0 Å². The predicted octanol–water partition coefficient (Wildman–Crippen LogP) is 2.93. The molecule has 0 spiro atoms. The Morgan fingerprint density at radius 1 is 1.31 bits per heavy atom. The van der Waals surface area contributed by atoms with Crippen molar-refractivity contribution in [3.63, 3.8) is 0 Å². The van der Waals surface area contributed by atoms with Gasteiger partial charge in [0.25, 0.3) is 0 Å². The minimum atomic E-state index is -4.40. The highest BCUT2D eigenvalue weighted by Gasteiger charge is 2.31. The lowest BCUT2D eigenvalue weighted by atomic mass is 10.1. The van der Waals surface area contributed by atoms with Gasteiger partial charge in [-0.2, -0.15) is 13.2 Å². The average Bonchev–Trinajstić information content (AvgIpc) is 2.24. The molecule has 5 heteroatoms. The topological polar surface area (TPSA) is 26.3 Å². The van der Waals surface area contributed by atoms with E-state index in [2.05, 4.69) is 0 Å². The molecular weight excluding hydrogens is 221 g/mol. The Morgan fingerprint density at radius 3 is 2.50 bits per heavy atom. The number of aldehydes is 1. The van der Waals surface area contributed by atoms with Crippen molar-refractivity contribution < 1.29 is 22.7 Å². The molecule has 2 nitrogen and oxygen atoms in total. The van der Waals surface area contributed by atoms with Gasteiger partial charge in [0.15, 0.2) is 0 Å². The molecule has 0 aliphatic heterocycles. The molecule has 0 bridgehead atoms. The van der Waals surface area contributed by atoms with Gasteiger partial charge in [-0.25, -0.2) is 0 Å². The highest BCUT2D eigenvalue weighted by molar-refractivity contribution is 5.75. The number of ether oxygens (including phenoxy) is 1. The first kappa shape index (κ1) is 12.3. The van der Waals surface area contributed by atoms with Crippen LogP contribution in [0.3, 0.4) is 0 Å². The van der Waals surface area contributed by atoms with Crippen molar-refractivity contribution in [2.75, 3.05) is 7.11 Å². The maximum atomic E-state index is 12.4. The average molecular weight is 230 g/mol. The summed E-state index contributed by atoms with van der Waals surface area (Å²) in [6, 6.07) is 3.08. The summed E-state index contributed by atoms with van der Waals surface area (Å²) < 4.78 is 41.9. The first-order valence-electron chi connectivity index (χ1n) is 4.36. The lowest BCUT2D eigenvalue weighted by Gasteiger charge is -2.10. The lowest BCUT2D eigenvalue weighted by molar-refractivity contribution is -0.137. The maximum absolute atomic E-state index is 12.4. The molecule has 0 aliphatic rings. The molecule has 0 atom stereocenters. The van der Waals surface area contributed by atoms with Gasteiger partial charge in [-0.05, 0) is 24.3 Å². The van der Waals surface area contributed by atoms with Gasteiger partial charge in [0.1, 0.15) is 12.0 Å². The molecule has 1 aromatic carbocycles. The summed E-state index contributed by atoms with van der Waals surface area (Å²) in [5.74, 6) is 0.0768. The Morgan fingerprint density at radius 2 is 2.00 bits per heavy atom. The molecule has 0 aliphatic carbocycles. The molecule has 0 saturated heterocycles. The standard InChI is InChI=1S/C11H9F3O2/c1-16-10-7-9(11(12,13)14)5-4-8(10)3-2-6-15/h2-7H,1H3. The second kappa shape index (κ2) is 4.83. The zero-order valence-corrected chi connectivity index (χ0v) is 8.41. The Hall–Kier alpha value is -1.78. The fourth-order valence-corrected chi connectivity index (χ4v) is 1.17. The van der Waals surface area contributed by atoms with Crippen molar-refractivity contribution in [3.05, 3.63) is 35.4 Å². The Labute approximate surface area is 90.3 Å². The number of halogens is 3. The summed E-state index contributed by atoms with van der Waals surface area (Å²) in [5.41, 5.74) is -0.366. The van der Waals surface area contributed by atoms with E-state index < -0.39 is 11.7 Å². The van der Waals surface area contributed by atoms with Crippen LogP contribution in [-0.4, -0.2) is 13.4 Å². The second-order valence-electron chi connectivity index (χ2n) is 2.95. The molecule has 16 heavy (non-hydrogen) atoms. The van der Waals surface area contributed by atoms with Gasteiger partial charge in [0, 0.05) is 5.56 Å². The highest BCUT2D eigenvalue weighted by Crippen LogP contribution is 2.33. The number of carbonyl (C=O) groups is 1. The number of hydrogen-bond acceptors (Lipinski definition) is 2. The van der Waals surface area contributed by atoms with Crippen LogP contribution in [-0.2, 0) is 11.0 Å². The van der Waals surface area contributed by atoms with Gasteiger partial charge in [0.05, 0.1) is 12.7 Å². The third kappa shape index (κ3) is 2.85. The maximum Gasteiger partial charge on any atom is 0.416 e. The molecule has 0 N–H and O–H groups in total. The SMILES string of the molecule is COc1cc(C(F)(F)F)ccc1C=CC=O. The van der Waals surface area contributed by atoms with Crippen LogP contribution in [0, 0.1) is 0 Å². The monoisotopic (exact) mass is 230 g/mol. The molecule has 0 unspecified atom stereocenters. The van der Waals surface area contributed by atoms with E-state index in [-0.39, 0.29) is 5.75 Å². The van der Waals surface area contributed by atoms with E-state index in [9.17, 15) is 18.0 Å².